The maximum atomic E-state index is 10.8. The summed E-state index contributed by atoms with van der Waals surface area (Å²) in [5.41, 5.74) is -1.06. The Balaban J connectivity index is 0. The van der Waals surface area contributed by atoms with Crippen LogP contribution in [0.15, 0.2) is 0 Å². The Kier molecular flexibility index (Phi) is 10.8. The Hall–Kier alpha value is -0.720. The summed E-state index contributed by atoms with van der Waals surface area (Å²) in [6, 6.07) is 3.58. The van der Waals surface area contributed by atoms with Crippen LogP contribution >= 0.6 is 15.9 Å². The zero-order valence-electron chi connectivity index (χ0n) is 13.2. The zero-order valence-corrected chi connectivity index (χ0v) is 15.1. The van der Waals surface area contributed by atoms with Gasteiger partial charge in [-0.05, 0) is 25.7 Å². The number of nitriles is 2. The molecular formula is C12H24N2O6P2. The number of rotatable bonds is 7. The van der Waals surface area contributed by atoms with E-state index in [-0.39, 0.29) is 12.8 Å². The van der Waals surface area contributed by atoms with Gasteiger partial charge >= 0.3 is 15.9 Å². The average molecular weight is 354 g/mol. The molecule has 0 saturated carbocycles. The third-order valence-electron chi connectivity index (χ3n) is 3.56. The van der Waals surface area contributed by atoms with Crippen LogP contribution in [0, 0.1) is 22.7 Å². The van der Waals surface area contributed by atoms with E-state index in [0.717, 1.165) is 0 Å². The smallest absolute Gasteiger partial charge is 0.326 e. The Morgan fingerprint density at radius 2 is 1.45 bits per heavy atom. The molecule has 0 amide bonds. The van der Waals surface area contributed by atoms with Gasteiger partial charge in [0.2, 0.25) is 0 Å². The molecule has 128 valence electrons. The summed E-state index contributed by atoms with van der Waals surface area (Å²) >= 11 is 0. The third-order valence-corrected chi connectivity index (χ3v) is 5.98. The second-order valence-electron chi connectivity index (χ2n) is 4.58. The van der Waals surface area contributed by atoms with Gasteiger partial charge in [-0.1, -0.05) is 27.7 Å². The van der Waals surface area contributed by atoms with Crippen molar-refractivity contribution in [3.63, 3.8) is 0 Å². The minimum absolute atomic E-state index is 0.185. The van der Waals surface area contributed by atoms with Crippen LogP contribution in [0.1, 0.15) is 53.4 Å². The van der Waals surface area contributed by atoms with Gasteiger partial charge in [0.15, 0.2) is 10.8 Å². The molecule has 1 unspecified atom stereocenters. The molecule has 0 saturated heterocycles. The maximum absolute atomic E-state index is 10.8. The van der Waals surface area contributed by atoms with Gasteiger partial charge in [0.1, 0.15) is 0 Å². The van der Waals surface area contributed by atoms with E-state index >= 15 is 0 Å². The van der Waals surface area contributed by atoms with Crippen molar-refractivity contribution in [3.05, 3.63) is 0 Å². The lowest BCUT2D eigenvalue weighted by molar-refractivity contribution is 0.112. The summed E-state index contributed by atoms with van der Waals surface area (Å²) in [7, 11) is -7.27. The number of nitrogens with zero attached hydrogens (tertiary/aromatic N) is 2. The minimum Gasteiger partial charge on any atom is -0.326 e. The fraction of sp³-hybridized carbons (Fsp3) is 0.833. The van der Waals surface area contributed by atoms with Crippen LogP contribution in [0.2, 0.25) is 0 Å². The van der Waals surface area contributed by atoms with Crippen molar-refractivity contribution in [1.29, 1.82) is 10.5 Å². The highest BCUT2D eigenvalue weighted by atomic mass is 31.2. The van der Waals surface area contributed by atoms with E-state index in [1.807, 2.05) is 6.07 Å². The predicted octanol–water partition coefficient (Wildman–Crippen LogP) is 2.71. The van der Waals surface area contributed by atoms with E-state index in [1.54, 1.807) is 33.8 Å². The van der Waals surface area contributed by atoms with E-state index in [0.29, 0.717) is 12.8 Å². The van der Waals surface area contributed by atoms with E-state index in [1.165, 1.54) is 0 Å². The van der Waals surface area contributed by atoms with Crippen LogP contribution in [0.4, 0.5) is 0 Å². The van der Waals surface area contributed by atoms with E-state index in [9.17, 15) is 9.13 Å². The van der Waals surface area contributed by atoms with E-state index < -0.39 is 26.6 Å². The molecule has 0 bridgehead atoms. The monoisotopic (exact) mass is 354 g/mol. The summed E-state index contributed by atoms with van der Waals surface area (Å²) in [6.45, 7) is 6.70. The van der Waals surface area contributed by atoms with Crippen molar-refractivity contribution in [2.45, 2.75) is 64.1 Å². The van der Waals surface area contributed by atoms with Crippen molar-refractivity contribution >= 4 is 15.9 Å². The van der Waals surface area contributed by atoms with Crippen LogP contribution in [0.25, 0.3) is 0 Å². The molecule has 10 heteroatoms. The molecule has 8 nitrogen and oxygen atoms in total. The van der Waals surface area contributed by atoms with Gasteiger partial charge in [0.25, 0.3) is 0 Å². The Morgan fingerprint density at radius 3 is 1.50 bits per heavy atom. The van der Waals surface area contributed by atoms with Gasteiger partial charge in [-0.25, -0.2) is 0 Å². The predicted molar refractivity (Wildman–Crippen MR) is 82.2 cm³/mol. The van der Waals surface area contributed by atoms with Crippen molar-refractivity contribution < 1.29 is 28.3 Å². The molecule has 1 atom stereocenters. The largest absolute Gasteiger partial charge is 0.345 e. The number of hydrogen-bond donors (Lipinski definition) is 3. The molecule has 0 rings (SSSR count). The zero-order chi connectivity index (χ0) is 18.0. The maximum Gasteiger partial charge on any atom is 0.345 e. The normalized spacial score (nSPS) is 13.3. The molecule has 0 spiro atoms. The quantitative estimate of drug-likeness (QED) is 0.590. The van der Waals surface area contributed by atoms with Crippen molar-refractivity contribution in [1.82, 2.24) is 0 Å². The lowest BCUT2D eigenvalue weighted by Crippen LogP contribution is -2.25. The van der Waals surface area contributed by atoms with Crippen LogP contribution in [-0.4, -0.2) is 25.4 Å². The summed E-state index contributed by atoms with van der Waals surface area (Å²) in [5.74, 6) is 0. The highest BCUT2D eigenvalue weighted by Gasteiger charge is 2.44. The fourth-order valence-corrected chi connectivity index (χ4v) is 3.25. The van der Waals surface area contributed by atoms with Crippen LogP contribution in [0.5, 0.6) is 0 Å². The number of hydrogen-bond acceptors (Lipinski definition) is 5. The second-order valence-corrected chi connectivity index (χ2v) is 7.26. The van der Waals surface area contributed by atoms with Gasteiger partial charge in [-0.15, -0.1) is 0 Å². The molecular weight excluding hydrogens is 330 g/mol. The first-order valence-corrected chi connectivity index (χ1v) is 9.71. The first-order chi connectivity index (χ1) is 10.0. The molecule has 0 aliphatic rings. The SMILES string of the molecule is CCC(C#N)(CC)O[PH](=O)O.CCC(C#N)(CC)P(=O)(O)O. The summed E-state index contributed by atoms with van der Waals surface area (Å²) < 4.78 is 25.7. The molecule has 0 aromatic rings. The van der Waals surface area contributed by atoms with Gasteiger partial charge in [0.05, 0.1) is 12.1 Å². The van der Waals surface area contributed by atoms with E-state index in [2.05, 4.69) is 4.52 Å². The van der Waals surface area contributed by atoms with Crippen molar-refractivity contribution in [2.24, 2.45) is 0 Å². The fourth-order valence-electron chi connectivity index (χ4n) is 1.63. The Bertz CT molecular complexity index is 483. The second kappa shape index (κ2) is 10.1. The van der Waals surface area contributed by atoms with Crippen molar-refractivity contribution in [3.8, 4) is 12.1 Å². The lowest BCUT2D eigenvalue weighted by Gasteiger charge is -2.23. The lowest BCUT2D eigenvalue weighted by atomic mass is 10.0. The highest BCUT2D eigenvalue weighted by Crippen LogP contribution is 2.53. The van der Waals surface area contributed by atoms with E-state index in [4.69, 9.17) is 25.2 Å². The Labute approximate surface area is 131 Å². The summed E-state index contributed by atoms with van der Waals surface area (Å²) in [5, 5.41) is 15.7. The van der Waals surface area contributed by atoms with Crippen LogP contribution in [0.3, 0.4) is 0 Å². The molecule has 0 heterocycles. The molecule has 0 aliphatic heterocycles. The third kappa shape index (κ3) is 6.58. The first-order valence-electron chi connectivity index (χ1n) is 6.83. The molecule has 0 aromatic heterocycles. The molecule has 0 aliphatic carbocycles. The molecule has 22 heavy (non-hydrogen) atoms. The van der Waals surface area contributed by atoms with Gasteiger partial charge in [-0.2, -0.15) is 10.5 Å². The summed E-state index contributed by atoms with van der Waals surface area (Å²) in [4.78, 5) is 26.1. The van der Waals surface area contributed by atoms with Crippen molar-refractivity contribution in [2.75, 3.05) is 0 Å². The topological polar surface area (TPSA) is 152 Å². The highest BCUT2D eigenvalue weighted by molar-refractivity contribution is 7.54. The average Bonchev–Trinajstić information content (AvgIpc) is 2.46. The van der Waals surface area contributed by atoms with Crippen LogP contribution < -0.4 is 0 Å². The van der Waals surface area contributed by atoms with Crippen LogP contribution in [-0.2, 0) is 13.7 Å². The van der Waals surface area contributed by atoms with Gasteiger partial charge < -0.3 is 14.7 Å². The Morgan fingerprint density at radius 1 is 1.05 bits per heavy atom. The molecule has 0 fully saturated rings. The standard InChI is InChI=1S/2C6H12NO3P/c1-3-6(4-2,5-7)11(8,9)10;1-3-6(4-2,5-7)10-11(8)9/h3-4H2,1-2H3,(H2,8,9,10);11H,3-4H2,1-2H3,(H,8,9). The van der Waals surface area contributed by atoms with Gasteiger partial charge in [-0.3, -0.25) is 13.7 Å². The molecule has 0 aromatic carbocycles. The molecule has 0 radical (unpaired) electrons. The summed E-state index contributed by atoms with van der Waals surface area (Å²) in [6.07, 6.45) is 1.22. The first kappa shape index (κ1) is 23.5. The minimum atomic E-state index is -4.27. The van der Waals surface area contributed by atoms with Gasteiger partial charge in [0, 0.05) is 0 Å². The molecule has 3 N–H and O–H groups in total.